The molecule has 0 aliphatic rings. The third kappa shape index (κ3) is 5.43. The van der Waals surface area contributed by atoms with Gasteiger partial charge in [0.15, 0.2) is 0 Å². The zero-order valence-electron chi connectivity index (χ0n) is 18.0. The number of hydrogen-bond acceptors (Lipinski definition) is 5. The van der Waals surface area contributed by atoms with Gasteiger partial charge in [-0.25, -0.2) is 0 Å². The second kappa shape index (κ2) is 10.9. The van der Waals surface area contributed by atoms with Gasteiger partial charge in [-0.2, -0.15) is 0 Å². The fourth-order valence-corrected chi connectivity index (χ4v) is 5.75. The first-order valence-corrected chi connectivity index (χ1v) is 12.3. The van der Waals surface area contributed by atoms with Crippen LogP contribution in [0.4, 0.5) is 11.4 Å². The monoisotopic (exact) mass is 616 g/mol. The average Bonchev–Trinajstić information content (AvgIpc) is 2.77. The average molecular weight is 619 g/mol. The Kier molecular flexibility index (Phi) is 8.04. The van der Waals surface area contributed by atoms with E-state index < -0.39 is 21.2 Å². The van der Waals surface area contributed by atoms with Crippen molar-refractivity contribution in [3.8, 4) is 33.8 Å². The van der Waals surface area contributed by atoms with Crippen LogP contribution in [-0.4, -0.2) is 9.85 Å². The number of hydrogen-bond donors (Lipinski definition) is 0. The van der Waals surface area contributed by atoms with Crippen LogP contribution >= 0.6 is 69.6 Å². The molecule has 0 N–H and O–H groups in total. The molecule has 0 fully saturated rings. The molecule has 0 radical (unpaired) electrons. The minimum absolute atomic E-state index is 0.0248. The number of benzene rings is 4. The fraction of sp³-hybridized carbons (Fsp3) is 0. The van der Waals surface area contributed by atoms with Crippen molar-refractivity contribution in [1.29, 1.82) is 0 Å². The van der Waals surface area contributed by atoms with Crippen molar-refractivity contribution in [1.82, 2.24) is 0 Å². The summed E-state index contributed by atoms with van der Waals surface area (Å²) in [5, 5.41) is 25.1. The van der Waals surface area contributed by atoms with Gasteiger partial charge in [0.25, 0.3) is 0 Å². The van der Waals surface area contributed by atoms with Crippen molar-refractivity contribution < 1.29 is 14.6 Å². The van der Waals surface area contributed by atoms with E-state index in [2.05, 4.69) is 0 Å². The van der Waals surface area contributed by atoms with E-state index in [4.69, 9.17) is 74.3 Å². The molecule has 13 heteroatoms. The predicted molar refractivity (Wildman–Crippen MR) is 147 cm³/mol. The molecule has 0 heterocycles. The molecule has 0 saturated carbocycles. The Balaban J connectivity index is 1.93. The molecule has 188 valence electrons. The van der Waals surface area contributed by atoms with E-state index in [1.54, 1.807) is 0 Å². The van der Waals surface area contributed by atoms with Gasteiger partial charge in [-0.15, -0.1) is 0 Å². The summed E-state index contributed by atoms with van der Waals surface area (Å²) in [6, 6.07) is 13.9. The first-order valence-electron chi connectivity index (χ1n) is 10.0. The number of ether oxygens (including phenoxy) is 1. The molecule has 0 amide bonds. The van der Waals surface area contributed by atoms with Crippen molar-refractivity contribution in [2.45, 2.75) is 0 Å². The van der Waals surface area contributed by atoms with Gasteiger partial charge in [0.05, 0.1) is 41.1 Å². The van der Waals surface area contributed by atoms with Crippen LogP contribution in [0.25, 0.3) is 22.3 Å². The van der Waals surface area contributed by atoms with Gasteiger partial charge in [0.2, 0.25) is 11.5 Å². The van der Waals surface area contributed by atoms with Crippen molar-refractivity contribution >= 4 is 81.0 Å². The minimum Gasteiger partial charge on any atom is -0.443 e. The summed E-state index contributed by atoms with van der Waals surface area (Å²) in [5.74, 6) is -0.587. The zero-order chi connectivity index (χ0) is 27.0. The largest absolute Gasteiger partial charge is 0.443 e. The van der Waals surface area contributed by atoms with E-state index in [1.807, 2.05) is 0 Å². The molecule has 0 bridgehead atoms. The lowest BCUT2D eigenvalue weighted by molar-refractivity contribution is -0.386. The summed E-state index contributed by atoms with van der Waals surface area (Å²) in [4.78, 5) is 22.9. The minimum atomic E-state index is -0.700. The summed E-state index contributed by atoms with van der Waals surface area (Å²) < 4.78 is 5.79. The van der Waals surface area contributed by atoms with Crippen molar-refractivity contribution in [3.05, 3.63) is 111 Å². The van der Waals surface area contributed by atoms with Crippen LogP contribution in [0, 0.1) is 20.2 Å². The van der Waals surface area contributed by atoms with Gasteiger partial charge in [0, 0.05) is 21.2 Å². The SMILES string of the molecule is O=[N+]([O-])c1c(Oc2cccc(-c3c(Cl)cc(Cl)cc3Cl)c2[N+](=O)[O-])cccc1-c1c(Cl)cc(Cl)cc1Cl. The molecule has 4 aromatic rings. The van der Waals surface area contributed by atoms with Crippen molar-refractivity contribution in [2.24, 2.45) is 0 Å². The van der Waals surface area contributed by atoms with Crippen molar-refractivity contribution in [2.75, 3.05) is 0 Å². The van der Waals surface area contributed by atoms with Gasteiger partial charge in [0.1, 0.15) is 0 Å². The first-order chi connectivity index (χ1) is 17.5. The number of nitrogens with zero attached hydrogens (tertiary/aromatic N) is 2. The van der Waals surface area contributed by atoms with E-state index in [0.29, 0.717) is 0 Å². The summed E-state index contributed by atoms with van der Waals surface area (Å²) >= 11 is 37.1. The molecule has 37 heavy (non-hydrogen) atoms. The second-order valence-corrected chi connectivity index (χ2v) is 9.91. The third-order valence-electron chi connectivity index (χ3n) is 5.14. The van der Waals surface area contributed by atoms with Gasteiger partial charge in [-0.05, 0) is 48.5 Å². The lowest BCUT2D eigenvalue weighted by atomic mass is 10.0. The molecule has 0 atom stereocenters. The lowest BCUT2D eigenvalue weighted by Crippen LogP contribution is -2.00. The van der Waals surface area contributed by atoms with Gasteiger partial charge < -0.3 is 4.74 Å². The Hall–Kier alpha value is -2.78. The number of nitro groups is 2. The highest BCUT2D eigenvalue weighted by molar-refractivity contribution is 6.42. The maximum absolute atomic E-state index is 12.2. The van der Waals surface area contributed by atoms with Crippen LogP contribution in [-0.2, 0) is 0 Å². The summed E-state index contributed by atoms with van der Waals surface area (Å²) in [6.07, 6.45) is 0. The topological polar surface area (TPSA) is 95.5 Å². The number of halogens is 6. The molecule has 0 aliphatic heterocycles. The molecular weight excluding hydrogens is 609 g/mol. The molecule has 0 aromatic heterocycles. The zero-order valence-corrected chi connectivity index (χ0v) is 22.5. The van der Waals surface area contributed by atoms with Crippen LogP contribution in [0.15, 0.2) is 60.7 Å². The van der Waals surface area contributed by atoms with E-state index in [1.165, 1.54) is 60.7 Å². The molecule has 0 saturated heterocycles. The highest BCUT2D eigenvalue weighted by atomic mass is 35.5. The lowest BCUT2D eigenvalue weighted by Gasteiger charge is -2.14. The van der Waals surface area contributed by atoms with Crippen LogP contribution in [0.2, 0.25) is 30.1 Å². The van der Waals surface area contributed by atoms with Crippen LogP contribution in [0.1, 0.15) is 0 Å². The number of nitro benzene ring substituents is 2. The standard InChI is InChI=1S/C24H10Cl6N2O5/c25-11-7-15(27)21(16(28)8-11)13-3-1-5-19(23(13)31(33)34)37-20-6-2-4-14(24(20)32(35)36)22-17(29)9-12(26)10-18(22)30/h1-10H. The smallest absolute Gasteiger partial charge is 0.319 e. The molecular formula is C24H10Cl6N2O5. The second-order valence-electron chi connectivity index (χ2n) is 7.41. The summed E-state index contributed by atoms with van der Waals surface area (Å²) in [6.45, 7) is 0. The van der Waals surface area contributed by atoms with Crippen LogP contribution < -0.4 is 4.74 Å². The van der Waals surface area contributed by atoms with E-state index >= 15 is 0 Å². The Labute approximate surface area is 239 Å². The van der Waals surface area contributed by atoms with Crippen molar-refractivity contribution in [3.63, 3.8) is 0 Å². The van der Waals surface area contributed by atoms with Gasteiger partial charge in [-0.1, -0.05) is 81.7 Å². The Morgan fingerprint density at radius 3 is 1.19 bits per heavy atom. The van der Waals surface area contributed by atoms with E-state index in [9.17, 15) is 20.2 Å². The highest BCUT2D eigenvalue weighted by Gasteiger charge is 2.30. The number of para-hydroxylation sites is 2. The normalized spacial score (nSPS) is 10.9. The molecule has 7 nitrogen and oxygen atoms in total. The Morgan fingerprint density at radius 2 is 0.892 bits per heavy atom. The van der Waals surface area contributed by atoms with Crippen LogP contribution in [0.5, 0.6) is 11.5 Å². The van der Waals surface area contributed by atoms with E-state index in [-0.39, 0.29) is 63.9 Å². The maximum Gasteiger partial charge on any atom is 0.319 e. The van der Waals surface area contributed by atoms with Gasteiger partial charge >= 0.3 is 11.4 Å². The fourth-order valence-electron chi connectivity index (χ4n) is 3.71. The van der Waals surface area contributed by atoms with Crippen LogP contribution in [0.3, 0.4) is 0 Å². The van der Waals surface area contributed by atoms with Gasteiger partial charge in [-0.3, -0.25) is 20.2 Å². The molecule has 4 aromatic carbocycles. The molecule has 0 aliphatic carbocycles. The third-order valence-corrected chi connectivity index (χ3v) is 6.76. The maximum atomic E-state index is 12.2. The molecule has 0 spiro atoms. The first kappa shape index (κ1) is 27.3. The van der Waals surface area contributed by atoms with E-state index in [0.717, 1.165) is 0 Å². The highest BCUT2D eigenvalue weighted by Crippen LogP contribution is 2.49. The molecule has 0 unspecified atom stereocenters. The number of rotatable bonds is 6. The Morgan fingerprint density at radius 1 is 0.568 bits per heavy atom. The predicted octanol–water partition coefficient (Wildman–Crippen LogP) is 10.5. The molecule has 4 rings (SSSR count). The summed E-state index contributed by atoms with van der Waals surface area (Å²) in [5.41, 5.74) is -0.694. The quantitative estimate of drug-likeness (QED) is 0.158. The summed E-state index contributed by atoms with van der Waals surface area (Å²) in [7, 11) is 0. The Bertz CT molecular complexity index is 1430.